The van der Waals surface area contributed by atoms with Gasteiger partial charge in [-0.15, -0.1) is 0 Å². The van der Waals surface area contributed by atoms with Crippen LogP contribution < -0.4 is 0 Å². The fourth-order valence-electron chi connectivity index (χ4n) is 0. The maximum atomic E-state index is 8.74. The summed E-state index contributed by atoms with van der Waals surface area (Å²) in [6.07, 6.45) is 0. The second-order valence-electron chi connectivity index (χ2n) is 0.883. The third kappa shape index (κ3) is 7740. The van der Waals surface area contributed by atoms with Crippen LogP contribution in [-0.2, 0) is 22.6 Å². The fraction of sp³-hybridized carbons (Fsp3) is 0. The zero-order chi connectivity index (χ0) is 8.08. The molecule has 0 saturated heterocycles. The van der Waals surface area contributed by atoms with E-state index in [4.69, 9.17) is 28.8 Å². The topological polar surface area (TPSA) is 138 Å². The maximum absolute atomic E-state index is 8.74. The van der Waals surface area contributed by atoms with Crippen LogP contribution in [0.15, 0.2) is 0 Å². The molecule has 0 unspecified atom stereocenters. The van der Waals surface area contributed by atoms with Crippen LogP contribution in [0.2, 0.25) is 0 Å². The van der Waals surface area contributed by atoms with Gasteiger partial charge in [0.1, 0.15) is 0 Å². The quantitative estimate of drug-likeness (QED) is 0.219. The summed E-state index contributed by atoms with van der Waals surface area (Å²) in [4.78, 5) is 14.3. The van der Waals surface area contributed by atoms with E-state index in [9.17, 15) is 0 Å². The summed E-state index contributed by atoms with van der Waals surface area (Å²) < 4.78 is 38.2. The molecule has 0 aliphatic heterocycles. The Bertz CT molecular complexity index is 76.1. The Hall–Kier alpha value is 0.236. The van der Waals surface area contributed by atoms with E-state index in [1.165, 1.54) is 0 Å². The molecule has 0 aromatic carbocycles. The van der Waals surface area contributed by atoms with Gasteiger partial charge in [0.2, 0.25) is 0 Å². The molecule has 62 valence electrons. The Balaban J connectivity index is -0.0000000910. The first-order valence-electron chi connectivity index (χ1n) is 1.55. The third-order valence-corrected chi connectivity index (χ3v) is 0. The fourth-order valence-corrected chi connectivity index (χ4v) is 0. The van der Waals surface area contributed by atoms with E-state index in [1.807, 2.05) is 0 Å². The molecule has 6 N–H and O–H groups in total. The first-order chi connectivity index (χ1) is 3.73. The van der Waals surface area contributed by atoms with Crippen molar-refractivity contribution in [3.8, 4) is 0 Å². The van der Waals surface area contributed by atoms with E-state index in [-0.39, 0.29) is 8.41 Å². The van der Waals surface area contributed by atoms with Gasteiger partial charge in [-0.05, 0) is 0 Å². The monoisotopic (exact) mass is 208 g/mol. The molecule has 0 aromatic heterocycles. The van der Waals surface area contributed by atoms with Gasteiger partial charge in [-0.1, -0.05) is 0 Å². The van der Waals surface area contributed by atoms with Crippen LogP contribution in [0.4, 0.5) is 0 Å². The van der Waals surface area contributed by atoms with Gasteiger partial charge >= 0.3 is 42.1 Å². The van der Waals surface area contributed by atoms with Gasteiger partial charge in [-0.2, -0.15) is 0 Å². The number of hydrogen-bond donors (Lipinski definition) is 6. The van der Waals surface area contributed by atoms with Crippen molar-refractivity contribution in [1.82, 2.24) is 0 Å². The van der Waals surface area contributed by atoms with Crippen molar-refractivity contribution in [2.24, 2.45) is 0 Å². The van der Waals surface area contributed by atoms with Gasteiger partial charge in [0.25, 0.3) is 0 Å². The third-order valence-electron chi connectivity index (χ3n) is 0. The Morgan fingerprint density at radius 2 is 1.00 bits per heavy atom. The summed E-state index contributed by atoms with van der Waals surface area (Å²) in [7, 11) is -3.13. The van der Waals surface area contributed by atoms with Crippen molar-refractivity contribution in [2.45, 2.75) is 0 Å². The molecular weight excluding hydrogens is 199 g/mol. The minimum atomic E-state index is -5.00. The van der Waals surface area contributed by atoms with Gasteiger partial charge in [-0.3, -0.25) is 4.46 Å². The molecule has 0 saturated carbocycles. The second kappa shape index (κ2) is 7.34. The first-order valence-corrected chi connectivity index (χ1v) is 5.64. The van der Waals surface area contributed by atoms with E-state index in [0.717, 1.165) is 0 Å². The normalized spacial score (nSPS) is 8.40. The Morgan fingerprint density at radius 1 is 1.00 bits per heavy atom. The van der Waals surface area contributed by atoms with Gasteiger partial charge < -0.3 is 9.59 Å². The molecule has 0 rings (SSSR count). The average Bonchev–Trinajstić information content (AvgIpc) is 1.19. The molecule has 0 fully saturated rings. The van der Waals surface area contributed by atoms with E-state index in [2.05, 4.69) is 0 Å². The van der Waals surface area contributed by atoms with Crippen molar-refractivity contribution in [3.63, 3.8) is 0 Å². The molecule has 0 radical (unpaired) electrons. The van der Waals surface area contributed by atoms with Gasteiger partial charge in [0.05, 0.1) is 8.41 Å². The molecule has 0 spiro atoms. The standard InChI is InChI=1S/BH3.H2O3Si.4H2O.Ti/c;1-4(2)3;;;;;/h1H3;1-2H;4*1H2;/q;;;;;;+4/p-4. The van der Waals surface area contributed by atoms with E-state index < -0.39 is 27.3 Å². The Morgan fingerprint density at radius 3 is 1.00 bits per heavy atom. The molecule has 0 atom stereocenters. The summed E-state index contributed by atoms with van der Waals surface area (Å²) in [5.74, 6) is 0. The average molecular weight is 208 g/mol. The van der Waals surface area contributed by atoms with Crippen molar-refractivity contribution >= 4 is 17.6 Å². The molecule has 7 nitrogen and oxygen atoms in total. The number of hydrogen-bond acceptors (Lipinski definition) is 5. The molecular formula is H9BO7SiTi. The Kier molecular flexibility index (Phi) is 12.2. The molecule has 10 heavy (non-hydrogen) atoms. The first kappa shape index (κ1) is 16.7. The van der Waals surface area contributed by atoms with Crippen LogP contribution >= 0.6 is 0 Å². The molecule has 0 amide bonds. The van der Waals surface area contributed by atoms with Crippen molar-refractivity contribution < 1.29 is 46.9 Å². The summed E-state index contributed by atoms with van der Waals surface area (Å²) in [6.45, 7) is 0. The predicted octanol–water partition coefficient (Wildman–Crippen LogP) is -5.03. The van der Waals surface area contributed by atoms with Crippen LogP contribution in [0, 0.1) is 0 Å². The predicted molar refractivity (Wildman–Crippen MR) is 29.7 cm³/mol. The summed E-state index contributed by atoms with van der Waals surface area (Å²) in [5, 5.41) is 0. The summed E-state index contributed by atoms with van der Waals surface area (Å²) >= 11 is -5.00. The van der Waals surface area contributed by atoms with E-state index in [0.29, 0.717) is 0 Å². The molecule has 0 aromatic rings. The molecule has 0 aliphatic rings. The SMILES string of the molecule is B.O=[Si](O)O.[OH][Ti]([OH])([OH])[OH]. The van der Waals surface area contributed by atoms with Crippen LogP contribution in [0.25, 0.3) is 0 Å². The summed E-state index contributed by atoms with van der Waals surface area (Å²) in [6, 6.07) is 0. The zero-order valence-electron chi connectivity index (χ0n) is 4.09. The van der Waals surface area contributed by atoms with Crippen LogP contribution in [0.1, 0.15) is 0 Å². The van der Waals surface area contributed by atoms with Crippen LogP contribution in [-0.4, -0.2) is 41.9 Å². The van der Waals surface area contributed by atoms with E-state index >= 15 is 0 Å². The molecule has 0 heterocycles. The van der Waals surface area contributed by atoms with Crippen molar-refractivity contribution in [1.29, 1.82) is 0 Å². The van der Waals surface area contributed by atoms with Gasteiger partial charge in [0, 0.05) is 0 Å². The van der Waals surface area contributed by atoms with Crippen molar-refractivity contribution in [3.05, 3.63) is 0 Å². The molecule has 0 bridgehead atoms. The van der Waals surface area contributed by atoms with Crippen molar-refractivity contribution in [2.75, 3.05) is 0 Å². The van der Waals surface area contributed by atoms with Gasteiger partial charge in [0.15, 0.2) is 0 Å². The molecule has 0 aliphatic carbocycles. The zero-order valence-corrected chi connectivity index (χ0v) is 6.65. The van der Waals surface area contributed by atoms with Crippen LogP contribution in [0.5, 0.6) is 0 Å². The minimum absolute atomic E-state index is 0. The van der Waals surface area contributed by atoms with Gasteiger partial charge in [-0.25, -0.2) is 0 Å². The summed E-state index contributed by atoms with van der Waals surface area (Å²) in [5.41, 5.74) is 0. The molecule has 10 heteroatoms. The van der Waals surface area contributed by atoms with E-state index in [1.54, 1.807) is 0 Å². The number of rotatable bonds is 0. The second-order valence-corrected chi connectivity index (χ2v) is 3.32. The Labute approximate surface area is 64.9 Å². The van der Waals surface area contributed by atoms with Crippen LogP contribution in [0.3, 0.4) is 0 Å².